The molecule has 0 bridgehead atoms. The molecule has 1 saturated carbocycles. The van der Waals surface area contributed by atoms with Crippen molar-refractivity contribution in [1.29, 1.82) is 0 Å². The highest BCUT2D eigenvalue weighted by Crippen LogP contribution is 2.64. The Hall–Kier alpha value is -1.90. The highest BCUT2D eigenvalue weighted by atomic mass is 32.2. The third-order valence-electron chi connectivity index (χ3n) is 6.73. The van der Waals surface area contributed by atoms with Crippen LogP contribution < -0.4 is 0 Å². The van der Waals surface area contributed by atoms with E-state index in [0.29, 0.717) is 26.2 Å². The minimum absolute atomic E-state index is 0.228. The first kappa shape index (κ1) is 22.3. The maximum absolute atomic E-state index is 13.2. The van der Waals surface area contributed by atoms with Crippen LogP contribution in [0.1, 0.15) is 49.7 Å². The number of ether oxygens (including phenoxy) is 1. The minimum Gasteiger partial charge on any atom is -0.348 e. The fourth-order valence-corrected chi connectivity index (χ4v) is 6.35. The van der Waals surface area contributed by atoms with E-state index in [4.69, 9.17) is 8.92 Å². The van der Waals surface area contributed by atoms with Gasteiger partial charge in [-0.3, -0.25) is 0 Å². The molecule has 2 fully saturated rings. The molecule has 168 valence electrons. The van der Waals surface area contributed by atoms with Crippen molar-refractivity contribution in [3.8, 4) is 0 Å². The van der Waals surface area contributed by atoms with Gasteiger partial charge in [0.05, 0.1) is 6.61 Å². The fraction of sp³-hybridized carbons (Fsp3) is 0.478. The monoisotopic (exact) mass is 454 g/mol. The molecule has 3 unspecified atom stereocenters. The van der Waals surface area contributed by atoms with Crippen LogP contribution in [0.4, 0.5) is 13.2 Å². The van der Waals surface area contributed by atoms with Gasteiger partial charge in [0.25, 0.3) is 10.1 Å². The smallest absolute Gasteiger partial charge is 0.348 e. The molecule has 1 saturated heterocycles. The predicted octanol–water partition coefficient (Wildman–Crippen LogP) is 5.40. The van der Waals surface area contributed by atoms with Crippen molar-refractivity contribution in [2.45, 2.75) is 55.7 Å². The van der Waals surface area contributed by atoms with E-state index in [1.165, 1.54) is 0 Å². The van der Waals surface area contributed by atoms with E-state index in [0.717, 1.165) is 11.1 Å². The molecule has 0 radical (unpaired) electrons. The summed E-state index contributed by atoms with van der Waals surface area (Å²) in [6.07, 6.45) is -3.00. The van der Waals surface area contributed by atoms with Gasteiger partial charge in [-0.25, -0.2) is 4.18 Å². The number of hydrogen-bond donors (Lipinski definition) is 0. The lowest BCUT2D eigenvalue weighted by Crippen LogP contribution is -2.50. The van der Waals surface area contributed by atoms with Gasteiger partial charge >= 0.3 is 6.18 Å². The van der Waals surface area contributed by atoms with Gasteiger partial charge in [0.1, 0.15) is 0 Å². The normalized spacial score (nSPS) is 27.4. The number of fused-ring (bicyclic) bond motifs is 1. The molecule has 4 rings (SSSR count). The molecule has 0 spiro atoms. The first-order valence-corrected chi connectivity index (χ1v) is 11.8. The zero-order valence-electron chi connectivity index (χ0n) is 17.1. The molecular weight excluding hydrogens is 429 g/mol. The number of halogens is 3. The molecule has 8 heteroatoms. The summed E-state index contributed by atoms with van der Waals surface area (Å²) >= 11 is 0. The van der Waals surface area contributed by atoms with E-state index in [-0.39, 0.29) is 18.9 Å². The largest absolute Gasteiger partial charge is 0.407 e. The van der Waals surface area contributed by atoms with Crippen LogP contribution in [0.2, 0.25) is 0 Å². The third-order valence-corrected chi connectivity index (χ3v) is 8.37. The van der Waals surface area contributed by atoms with E-state index in [1.54, 1.807) is 0 Å². The Balaban J connectivity index is 1.83. The molecule has 3 atom stereocenters. The van der Waals surface area contributed by atoms with Crippen molar-refractivity contribution in [2.75, 3.05) is 6.61 Å². The first-order valence-electron chi connectivity index (χ1n) is 10.4. The molecule has 1 heterocycles. The average Bonchev–Trinajstić information content (AvgIpc) is 3.22. The van der Waals surface area contributed by atoms with Gasteiger partial charge in [-0.2, -0.15) is 21.6 Å². The van der Waals surface area contributed by atoms with Crippen molar-refractivity contribution in [3.63, 3.8) is 0 Å². The molecule has 4 nitrogen and oxygen atoms in total. The van der Waals surface area contributed by atoms with Crippen molar-refractivity contribution >= 4 is 10.1 Å². The fourth-order valence-electron chi connectivity index (χ4n) is 5.21. The van der Waals surface area contributed by atoms with E-state index < -0.39 is 32.7 Å². The van der Waals surface area contributed by atoms with Crippen molar-refractivity contribution in [1.82, 2.24) is 0 Å². The maximum atomic E-state index is 13.2. The topological polar surface area (TPSA) is 52.6 Å². The van der Waals surface area contributed by atoms with Crippen LogP contribution in [0, 0.1) is 5.41 Å². The summed E-state index contributed by atoms with van der Waals surface area (Å²) in [5, 5.41) is -2.64. The second-order valence-electron chi connectivity index (χ2n) is 8.38. The second kappa shape index (κ2) is 7.90. The molecule has 2 aliphatic rings. The van der Waals surface area contributed by atoms with Gasteiger partial charge in [0.2, 0.25) is 0 Å². The summed E-state index contributed by atoms with van der Waals surface area (Å²) in [7, 11) is -4.95. The maximum Gasteiger partial charge on any atom is 0.407 e. The predicted molar refractivity (Wildman–Crippen MR) is 110 cm³/mol. The lowest BCUT2D eigenvalue weighted by Gasteiger charge is -2.44. The van der Waals surface area contributed by atoms with Crippen molar-refractivity contribution in [3.05, 3.63) is 71.8 Å². The third kappa shape index (κ3) is 3.79. The molecule has 1 aliphatic carbocycles. The van der Waals surface area contributed by atoms with E-state index >= 15 is 0 Å². The molecule has 0 amide bonds. The average molecular weight is 455 g/mol. The quantitative estimate of drug-likeness (QED) is 0.549. The molecule has 2 aromatic rings. The Labute approximate surface area is 180 Å². The molecule has 0 aromatic heterocycles. The number of alkyl halides is 3. The van der Waals surface area contributed by atoms with Gasteiger partial charge in [-0.05, 0) is 37.3 Å². The van der Waals surface area contributed by atoms with Crippen LogP contribution >= 0.6 is 0 Å². The number of rotatable bonds is 6. The van der Waals surface area contributed by atoms with Gasteiger partial charge in [-0.1, -0.05) is 60.7 Å². The second-order valence-corrected chi connectivity index (χ2v) is 10.2. The van der Waals surface area contributed by atoms with Crippen LogP contribution in [0.25, 0.3) is 0 Å². The summed E-state index contributed by atoms with van der Waals surface area (Å²) in [4.78, 5) is 0. The number of benzene rings is 2. The number of hydrogen-bond acceptors (Lipinski definition) is 4. The Morgan fingerprint density at radius 1 is 0.935 bits per heavy atom. The van der Waals surface area contributed by atoms with Crippen LogP contribution in [-0.2, 0) is 19.0 Å². The van der Waals surface area contributed by atoms with Crippen molar-refractivity contribution < 1.29 is 30.5 Å². The summed E-state index contributed by atoms with van der Waals surface area (Å²) in [5.74, 6) is -1.90. The van der Waals surface area contributed by atoms with Gasteiger partial charge < -0.3 is 4.74 Å². The summed E-state index contributed by atoms with van der Waals surface area (Å²) in [6, 6.07) is 19.2. The Morgan fingerprint density at radius 3 is 2.00 bits per heavy atom. The molecular formula is C23H25F3O4S. The SMILES string of the molecule is CC(C(F)(F)F)S(=O)(=O)OC12CCCC1(C(c1ccccc1)c1ccccc1)CCO2. The summed E-state index contributed by atoms with van der Waals surface area (Å²) < 4.78 is 76.5. The summed E-state index contributed by atoms with van der Waals surface area (Å²) in [6.45, 7) is 0.843. The van der Waals surface area contributed by atoms with Crippen LogP contribution in [0.15, 0.2) is 60.7 Å². The van der Waals surface area contributed by atoms with E-state index in [2.05, 4.69) is 0 Å². The Morgan fingerprint density at radius 2 is 1.48 bits per heavy atom. The highest BCUT2D eigenvalue weighted by Gasteiger charge is 2.67. The highest BCUT2D eigenvalue weighted by molar-refractivity contribution is 7.87. The molecule has 1 aliphatic heterocycles. The van der Waals surface area contributed by atoms with Crippen LogP contribution in [0.5, 0.6) is 0 Å². The summed E-state index contributed by atoms with van der Waals surface area (Å²) in [5.41, 5.74) is 1.11. The minimum atomic E-state index is -4.95. The zero-order valence-corrected chi connectivity index (χ0v) is 18.0. The van der Waals surface area contributed by atoms with Crippen molar-refractivity contribution in [2.24, 2.45) is 5.41 Å². The zero-order chi connectivity index (χ0) is 22.3. The Kier molecular flexibility index (Phi) is 5.69. The van der Waals surface area contributed by atoms with Gasteiger partial charge in [0.15, 0.2) is 11.0 Å². The first-order chi connectivity index (χ1) is 14.6. The van der Waals surface area contributed by atoms with Gasteiger partial charge in [-0.15, -0.1) is 0 Å². The van der Waals surface area contributed by atoms with Crippen LogP contribution in [0.3, 0.4) is 0 Å². The Bertz CT molecular complexity index is 957. The van der Waals surface area contributed by atoms with E-state index in [1.807, 2.05) is 60.7 Å². The van der Waals surface area contributed by atoms with E-state index in [9.17, 15) is 21.6 Å². The molecule has 31 heavy (non-hydrogen) atoms. The van der Waals surface area contributed by atoms with Crippen LogP contribution in [-0.4, -0.2) is 32.2 Å². The molecule has 0 N–H and O–H groups in total. The standard InChI is InChI=1S/C23H25F3O4S/c1-17(23(24,25)26)31(27,28)30-22-14-8-13-21(22,15-16-29-22)20(18-9-4-2-5-10-18)19-11-6-3-7-12-19/h2-7,9-12,17,20H,8,13-16H2,1H3. The lowest BCUT2D eigenvalue weighted by molar-refractivity contribution is -0.195. The molecule has 2 aromatic carbocycles. The lowest BCUT2D eigenvalue weighted by atomic mass is 9.64. The van der Waals surface area contributed by atoms with Gasteiger partial charge in [0, 0.05) is 17.8 Å².